The third kappa shape index (κ3) is 3.26. The highest BCUT2D eigenvalue weighted by molar-refractivity contribution is 7.98. The van der Waals surface area contributed by atoms with E-state index in [0.29, 0.717) is 18.3 Å². The number of fused-ring (bicyclic) bond motifs is 2. The minimum absolute atomic E-state index is 0.370. The lowest BCUT2D eigenvalue weighted by atomic mass is 9.93. The zero-order valence-electron chi connectivity index (χ0n) is 10.3. The van der Waals surface area contributed by atoms with Crippen LogP contribution in [0.25, 0.3) is 0 Å². The quantitative estimate of drug-likeness (QED) is 0.683. The molecule has 17 heavy (non-hydrogen) atoms. The van der Waals surface area contributed by atoms with Gasteiger partial charge < -0.3 is 10.4 Å². The van der Waals surface area contributed by atoms with E-state index in [1.807, 2.05) is 6.26 Å². The zero-order chi connectivity index (χ0) is 12.3. The number of hydrogen-bond acceptors (Lipinski definition) is 3. The van der Waals surface area contributed by atoms with Crippen LogP contribution in [0.5, 0.6) is 0 Å². The number of carboxylic acid groups (broad SMARTS) is 1. The average molecular weight is 255 g/mol. The van der Waals surface area contributed by atoms with E-state index in [0.717, 1.165) is 18.2 Å². The van der Waals surface area contributed by atoms with Crippen molar-refractivity contribution in [3.63, 3.8) is 0 Å². The third-order valence-corrected chi connectivity index (χ3v) is 4.60. The molecule has 4 atom stereocenters. The van der Waals surface area contributed by atoms with E-state index in [9.17, 15) is 4.79 Å². The van der Waals surface area contributed by atoms with Crippen LogP contribution < -0.4 is 5.32 Å². The summed E-state index contributed by atoms with van der Waals surface area (Å²) in [6, 6.07) is -0.370. The molecule has 0 radical (unpaired) electrons. The summed E-state index contributed by atoms with van der Waals surface area (Å²) in [6.07, 6.45) is 9.90. The van der Waals surface area contributed by atoms with Crippen LogP contribution in [-0.2, 0) is 4.79 Å². The van der Waals surface area contributed by atoms with E-state index in [1.165, 1.54) is 12.8 Å². The third-order valence-electron chi connectivity index (χ3n) is 3.95. The molecule has 0 amide bonds. The lowest BCUT2D eigenvalue weighted by Gasteiger charge is -2.21. The summed E-state index contributed by atoms with van der Waals surface area (Å²) in [4.78, 5) is 11.1. The van der Waals surface area contributed by atoms with Crippen LogP contribution in [0, 0.1) is 17.8 Å². The van der Waals surface area contributed by atoms with Gasteiger partial charge in [-0.3, -0.25) is 4.79 Å². The van der Waals surface area contributed by atoms with Crippen LogP contribution >= 0.6 is 11.8 Å². The van der Waals surface area contributed by atoms with E-state index in [2.05, 4.69) is 17.5 Å². The number of carbonyl (C=O) groups is 1. The lowest BCUT2D eigenvalue weighted by Crippen LogP contribution is -2.40. The van der Waals surface area contributed by atoms with Crippen molar-refractivity contribution in [2.24, 2.45) is 17.8 Å². The van der Waals surface area contributed by atoms with Gasteiger partial charge in [0.2, 0.25) is 0 Å². The largest absolute Gasteiger partial charge is 0.480 e. The van der Waals surface area contributed by atoms with Crippen molar-refractivity contribution in [3.05, 3.63) is 12.2 Å². The van der Waals surface area contributed by atoms with Gasteiger partial charge in [0.15, 0.2) is 0 Å². The molecular weight excluding hydrogens is 234 g/mol. The number of nitrogens with one attached hydrogen (secondary N) is 1. The van der Waals surface area contributed by atoms with Gasteiger partial charge in [-0.05, 0) is 55.6 Å². The predicted molar refractivity (Wildman–Crippen MR) is 71.3 cm³/mol. The molecule has 0 heterocycles. The molecule has 2 aliphatic rings. The summed E-state index contributed by atoms with van der Waals surface area (Å²) in [6.45, 7) is 0.858. The van der Waals surface area contributed by atoms with E-state index in [4.69, 9.17) is 5.11 Å². The Bertz CT molecular complexity index is 306. The van der Waals surface area contributed by atoms with Crippen LogP contribution in [0.15, 0.2) is 12.2 Å². The minimum atomic E-state index is -0.710. The summed E-state index contributed by atoms with van der Waals surface area (Å²) in [5.74, 6) is 2.31. The van der Waals surface area contributed by atoms with E-state index < -0.39 is 5.97 Å². The summed E-state index contributed by atoms with van der Waals surface area (Å²) in [5.41, 5.74) is 0. The van der Waals surface area contributed by atoms with Crippen LogP contribution in [0.3, 0.4) is 0 Å². The molecular formula is C13H21NO2S. The second-order valence-corrected chi connectivity index (χ2v) is 6.11. The molecule has 2 bridgehead atoms. The van der Waals surface area contributed by atoms with Gasteiger partial charge >= 0.3 is 5.97 Å². The Morgan fingerprint density at radius 3 is 2.88 bits per heavy atom. The second-order valence-electron chi connectivity index (χ2n) is 5.12. The Kier molecular flexibility index (Phi) is 4.51. The van der Waals surface area contributed by atoms with Gasteiger partial charge in [-0.1, -0.05) is 12.2 Å². The second kappa shape index (κ2) is 5.91. The number of aliphatic carboxylic acids is 1. The number of carboxylic acids is 1. The first-order chi connectivity index (χ1) is 8.20. The van der Waals surface area contributed by atoms with Gasteiger partial charge in [0.1, 0.15) is 6.04 Å². The fraction of sp³-hybridized carbons (Fsp3) is 0.769. The molecule has 4 heteroatoms. The van der Waals surface area contributed by atoms with E-state index >= 15 is 0 Å². The Balaban J connectivity index is 1.75. The first-order valence-corrected chi connectivity index (χ1v) is 7.73. The fourth-order valence-corrected chi connectivity index (χ4v) is 3.44. The number of thioether (sulfide) groups is 1. The maximum absolute atomic E-state index is 11.1. The van der Waals surface area contributed by atoms with E-state index in [1.54, 1.807) is 11.8 Å². The molecule has 0 spiro atoms. The average Bonchev–Trinajstić information content (AvgIpc) is 2.90. The van der Waals surface area contributed by atoms with Gasteiger partial charge in [-0.2, -0.15) is 11.8 Å². The zero-order valence-corrected chi connectivity index (χ0v) is 11.1. The highest BCUT2D eigenvalue weighted by Gasteiger charge is 2.35. The molecule has 1 fully saturated rings. The van der Waals surface area contributed by atoms with Crippen molar-refractivity contribution in [2.45, 2.75) is 25.3 Å². The fourth-order valence-electron chi connectivity index (χ4n) is 2.97. The summed E-state index contributed by atoms with van der Waals surface area (Å²) in [7, 11) is 0. The lowest BCUT2D eigenvalue weighted by molar-refractivity contribution is -0.139. The van der Waals surface area contributed by atoms with E-state index in [-0.39, 0.29) is 6.04 Å². The molecule has 0 aliphatic heterocycles. The number of allylic oxidation sites excluding steroid dienone is 2. The van der Waals surface area contributed by atoms with Crippen LogP contribution in [0.1, 0.15) is 19.3 Å². The van der Waals surface area contributed by atoms with Gasteiger partial charge in [0.05, 0.1) is 0 Å². The van der Waals surface area contributed by atoms with Crippen LogP contribution in [0.4, 0.5) is 0 Å². The van der Waals surface area contributed by atoms with Gasteiger partial charge in [-0.15, -0.1) is 0 Å². The van der Waals surface area contributed by atoms with Crippen molar-refractivity contribution in [1.29, 1.82) is 0 Å². The Hall–Kier alpha value is -0.480. The molecule has 3 nitrogen and oxygen atoms in total. The first-order valence-electron chi connectivity index (χ1n) is 6.34. The monoisotopic (exact) mass is 255 g/mol. The van der Waals surface area contributed by atoms with Crippen molar-refractivity contribution in [1.82, 2.24) is 5.32 Å². The Morgan fingerprint density at radius 2 is 2.35 bits per heavy atom. The van der Waals surface area contributed by atoms with Crippen molar-refractivity contribution >= 4 is 17.7 Å². The first kappa shape index (κ1) is 13.0. The molecule has 0 aromatic rings. The predicted octanol–water partition coefficient (Wildman–Crippen LogP) is 1.99. The number of rotatable bonds is 7. The molecule has 2 N–H and O–H groups in total. The SMILES string of the molecule is CSCC[C@@H](NC[C@H]1C[C@H]2C=C[C@H]1C2)C(=O)O. The Morgan fingerprint density at radius 1 is 1.53 bits per heavy atom. The highest BCUT2D eigenvalue weighted by atomic mass is 32.2. The van der Waals surface area contributed by atoms with Crippen molar-refractivity contribution in [3.8, 4) is 0 Å². The maximum atomic E-state index is 11.1. The Labute approximate surface area is 107 Å². The maximum Gasteiger partial charge on any atom is 0.320 e. The summed E-state index contributed by atoms with van der Waals surface area (Å²) < 4.78 is 0. The molecule has 0 unspecified atom stereocenters. The van der Waals surface area contributed by atoms with Gasteiger partial charge in [-0.25, -0.2) is 0 Å². The molecule has 0 saturated heterocycles. The summed E-state index contributed by atoms with van der Waals surface area (Å²) in [5, 5.41) is 12.4. The van der Waals surface area contributed by atoms with Crippen molar-refractivity contribution in [2.75, 3.05) is 18.6 Å². The molecule has 1 saturated carbocycles. The standard InChI is InChI=1S/C13H21NO2S/c1-17-5-4-12(13(15)16)14-8-11-7-9-2-3-10(11)6-9/h2-3,9-12,14H,4-8H2,1H3,(H,15,16)/t9-,10-,11+,12+/m0/s1. The van der Waals surface area contributed by atoms with Crippen LogP contribution in [0.2, 0.25) is 0 Å². The summed E-state index contributed by atoms with van der Waals surface area (Å²) >= 11 is 1.70. The minimum Gasteiger partial charge on any atom is -0.480 e. The van der Waals surface area contributed by atoms with Gasteiger partial charge in [0, 0.05) is 0 Å². The van der Waals surface area contributed by atoms with Gasteiger partial charge in [0.25, 0.3) is 0 Å². The number of hydrogen-bond donors (Lipinski definition) is 2. The molecule has 2 aliphatic carbocycles. The van der Waals surface area contributed by atoms with Crippen molar-refractivity contribution < 1.29 is 9.90 Å². The highest BCUT2D eigenvalue weighted by Crippen LogP contribution is 2.42. The normalized spacial score (nSPS) is 31.9. The molecule has 0 aromatic heterocycles. The molecule has 96 valence electrons. The van der Waals surface area contributed by atoms with Crippen LogP contribution in [-0.4, -0.2) is 35.7 Å². The smallest absolute Gasteiger partial charge is 0.320 e. The molecule has 0 aromatic carbocycles. The molecule has 2 rings (SSSR count). The topological polar surface area (TPSA) is 49.3 Å².